The molecular formula is C12H8F3NO4. The highest BCUT2D eigenvalue weighted by atomic mass is 19.4. The zero-order chi connectivity index (χ0) is 15.1. The summed E-state index contributed by atoms with van der Waals surface area (Å²) in [4.78, 5) is 34.7. The Kier molecular flexibility index (Phi) is 3.24. The maximum absolute atomic E-state index is 12.6. The van der Waals surface area contributed by atoms with Crippen molar-refractivity contribution < 1.29 is 32.7 Å². The minimum Gasteiger partial charge on any atom is -0.478 e. The minimum atomic E-state index is -4.71. The SMILES string of the molecule is O=C(O)c1cc(C(F)(F)F)ccc1N1C(=O)CCC1=O. The van der Waals surface area contributed by atoms with Crippen LogP contribution in [0.5, 0.6) is 0 Å². The second-order valence-electron chi connectivity index (χ2n) is 4.16. The van der Waals surface area contributed by atoms with E-state index in [4.69, 9.17) is 5.11 Å². The fourth-order valence-corrected chi connectivity index (χ4v) is 1.92. The number of halogens is 3. The van der Waals surface area contributed by atoms with Crippen molar-refractivity contribution in [1.82, 2.24) is 0 Å². The van der Waals surface area contributed by atoms with Crippen LogP contribution < -0.4 is 4.90 Å². The number of amides is 2. The van der Waals surface area contributed by atoms with E-state index in [-0.39, 0.29) is 18.5 Å². The van der Waals surface area contributed by atoms with E-state index in [0.717, 1.165) is 6.07 Å². The quantitative estimate of drug-likeness (QED) is 0.845. The van der Waals surface area contributed by atoms with Crippen molar-refractivity contribution in [2.75, 3.05) is 4.90 Å². The van der Waals surface area contributed by atoms with Gasteiger partial charge in [0.25, 0.3) is 0 Å². The first kappa shape index (κ1) is 14.0. The van der Waals surface area contributed by atoms with Gasteiger partial charge in [0.15, 0.2) is 0 Å². The first-order chi connectivity index (χ1) is 9.21. The molecule has 0 bridgehead atoms. The van der Waals surface area contributed by atoms with Gasteiger partial charge in [-0.05, 0) is 18.2 Å². The van der Waals surface area contributed by atoms with Crippen molar-refractivity contribution in [2.24, 2.45) is 0 Å². The highest BCUT2D eigenvalue weighted by Crippen LogP contribution is 2.34. The summed E-state index contributed by atoms with van der Waals surface area (Å²) in [7, 11) is 0. The predicted molar refractivity (Wildman–Crippen MR) is 60.1 cm³/mol. The number of rotatable bonds is 2. The molecule has 0 saturated carbocycles. The van der Waals surface area contributed by atoms with E-state index in [2.05, 4.69) is 0 Å². The van der Waals surface area contributed by atoms with Gasteiger partial charge in [0.05, 0.1) is 16.8 Å². The topological polar surface area (TPSA) is 74.7 Å². The van der Waals surface area contributed by atoms with E-state index in [1.807, 2.05) is 0 Å². The number of alkyl halides is 3. The molecule has 0 radical (unpaired) electrons. The van der Waals surface area contributed by atoms with Crippen molar-refractivity contribution in [1.29, 1.82) is 0 Å². The average Bonchev–Trinajstić information content (AvgIpc) is 2.67. The molecule has 1 saturated heterocycles. The Balaban J connectivity index is 2.57. The van der Waals surface area contributed by atoms with Crippen molar-refractivity contribution in [3.63, 3.8) is 0 Å². The summed E-state index contributed by atoms with van der Waals surface area (Å²) in [6.07, 6.45) is -4.88. The fourth-order valence-electron chi connectivity index (χ4n) is 1.92. The van der Waals surface area contributed by atoms with Gasteiger partial charge in [-0.25, -0.2) is 9.69 Å². The molecule has 1 aliphatic heterocycles. The Labute approximate surface area is 110 Å². The summed E-state index contributed by atoms with van der Waals surface area (Å²) < 4.78 is 37.7. The number of carbonyl (C=O) groups is 3. The maximum Gasteiger partial charge on any atom is 0.416 e. The number of nitrogens with zero attached hydrogens (tertiary/aromatic N) is 1. The van der Waals surface area contributed by atoms with Crippen molar-refractivity contribution >= 4 is 23.5 Å². The smallest absolute Gasteiger partial charge is 0.416 e. The number of hydrogen-bond donors (Lipinski definition) is 1. The Bertz CT molecular complexity index is 593. The van der Waals surface area contributed by atoms with Gasteiger partial charge < -0.3 is 5.11 Å². The average molecular weight is 287 g/mol. The molecule has 20 heavy (non-hydrogen) atoms. The first-order valence-electron chi connectivity index (χ1n) is 5.52. The molecule has 1 aliphatic rings. The largest absolute Gasteiger partial charge is 0.478 e. The number of aromatic carboxylic acids is 1. The summed E-state index contributed by atoms with van der Waals surface area (Å²) in [6.45, 7) is 0. The summed E-state index contributed by atoms with van der Waals surface area (Å²) in [5.41, 5.74) is -2.22. The van der Waals surface area contributed by atoms with E-state index < -0.39 is 35.1 Å². The van der Waals surface area contributed by atoms with E-state index in [1.165, 1.54) is 0 Å². The molecule has 0 spiro atoms. The Morgan fingerprint density at radius 1 is 1.15 bits per heavy atom. The lowest BCUT2D eigenvalue weighted by atomic mass is 10.1. The molecule has 2 rings (SSSR count). The molecule has 106 valence electrons. The maximum atomic E-state index is 12.6. The van der Waals surface area contributed by atoms with Crippen LogP contribution in [0.2, 0.25) is 0 Å². The van der Waals surface area contributed by atoms with Gasteiger partial charge in [0.1, 0.15) is 0 Å². The third kappa shape index (κ3) is 2.36. The summed E-state index contributed by atoms with van der Waals surface area (Å²) in [5, 5.41) is 8.97. The van der Waals surface area contributed by atoms with Crippen LogP contribution >= 0.6 is 0 Å². The van der Waals surface area contributed by atoms with Crippen LogP contribution in [0.15, 0.2) is 18.2 Å². The molecule has 1 fully saturated rings. The zero-order valence-electron chi connectivity index (χ0n) is 9.90. The number of hydrogen-bond acceptors (Lipinski definition) is 3. The van der Waals surface area contributed by atoms with Crippen molar-refractivity contribution in [3.05, 3.63) is 29.3 Å². The van der Waals surface area contributed by atoms with E-state index in [0.29, 0.717) is 17.0 Å². The van der Waals surface area contributed by atoms with Crippen LogP contribution in [0.4, 0.5) is 18.9 Å². The molecule has 1 aromatic rings. The van der Waals surface area contributed by atoms with Gasteiger partial charge in [-0.3, -0.25) is 9.59 Å². The molecular weight excluding hydrogens is 279 g/mol. The summed E-state index contributed by atoms with van der Waals surface area (Å²) >= 11 is 0. The summed E-state index contributed by atoms with van der Waals surface area (Å²) in [6, 6.07) is 1.88. The van der Waals surface area contributed by atoms with Gasteiger partial charge in [0.2, 0.25) is 11.8 Å². The third-order valence-electron chi connectivity index (χ3n) is 2.85. The number of carboxylic acids is 1. The number of benzene rings is 1. The molecule has 0 atom stereocenters. The molecule has 1 N–H and O–H groups in total. The van der Waals surface area contributed by atoms with Gasteiger partial charge >= 0.3 is 12.1 Å². The molecule has 2 amide bonds. The number of imide groups is 1. The zero-order valence-corrected chi connectivity index (χ0v) is 9.90. The normalized spacial score (nSPS) is 15.8. The Hall–Kier alpha value is -2.38. The van der Waals surface area contributed by atoms with E-state index >= 15 is 0 Å². The number of anilines is 1. The predicted octanol–water partition coefficient (Wildman–Crippen LogP) is 2.06. The number of carbonyl (C=O) groups excluding carboxylic acids is 2. The third-order valence-corrected chi connectivity index (χ3v) is 2.85. The fraction of sp³-hybridized carbons (Fsp3) is 0.250. The highest BCUT2D eigenvalue weighted by Gasteiger charge is 2.36. The second kappa shape index (κ2) is 4.62. The van der Waals surface area contributed by atoms with Gasteiger partial charge in [0, 0.05) is 12.8 Å². The lowest BCUT2D eigenvalue weighted by molar-refractivity contribution is -0.137. The molecule has 8 heteroatoms. The van der Waals surface area contributed by atoms with Crippen molar-refractivity contribution in [2.45, 2.75) is 19.0 Å². The van der Waals surface area contributed by atoms with Crippen LogP contribution in [0.3, 0.4) is 0 Å². The van der Waals surface area contributed by atoms with Crippen LogP contribution in [0.25, 0.3) is 0 Å². The lowest BCUT2D eigenvalue weighted by Crippen LogP contribution is -2.30. The van der Waals surface area contributed by atoms with E-state index in [1.54, 1.807) is 0 Å². The standard InChI is InChI=1S/C12H8F3NO4/c13-12(14,15)6-1-2-8(7(5-6)11(19)20)16-9(17)3-4-10(16)18/h1-2,5H,3-4H2,(H,19,20). The Morgan fingerprint density at radius 3 is 2.15 bits per heavy atom. The van der Waals surface area contributed by atoms with Crippen molar-refractivity contribution in [3.8, 4) is 0 Å². The van der Waals surface area contributed by atoms with Gasteiger partial charge in [-0.1, -0.05) is 0 Å². The molecule has 0 aliphatic carbocycles. The lowest BCUT2D eigenvalue weighted by Gasteiger charge is -2.17. The molecule has 1 heterocycles. The summed E-state index contributed by atoms with van der Waals surface area (Å²) in [5.74, 6) is -2.90. The van der Waals surface area contributed by atoms with Crippen LogP contribution in [0.1, 0.15) is 28.8 Å². The molecule has 0 aromatic heterocycles. The van der Waals surface area contributed by atoms with Crippen LogP contribution in [-0.4, -0.2) is 22.9 Å². The van der Waals surface area contributed by atoms with Gasteiger partial charge in [-0.2, -0.15) is 13.2 Å². The van der Waals surface area contributed by atoms with Crippen LogP contribution in [-0.2, 0) is 15.8 Å². The number of carboxylic acid groups (broad SMARTS) is 1. The van der Waals surface area contributed by atoms with Gasteiger partial charge in [-0.15, -0.1) is 0 Å². The first-order valence-corrected chi connectivity index (χ1v) is 5.52. The van der Waals surface area contributed by atoms with Crippen LogP contribution in [0, 0.1) is 0 Å². The highest BCUT2D eigenvalue weighted by molar-refractivity contribution is 6.21. The molecule has 5 nitrogen and oxygen atoms in total. The van der Waals surface area contributed by atoms with E-state index in [9.17, 15) is 27.6 Å². The monoisotopic (exact) mass is 287 g/mol. The Morgan fingerprint density at radius 2 is 1.70 bits per heavy atom. The second-order valence-corrected chi connectivity index (χ2v) is 4.16. The molecule has 1 aromatic carbocycles. The molecule has 0 unspecified atom stereocenters. The minimum absolute atomic E-state index is 0.0844.